The van der Waals surface area contributed by atoms with E-state index in [1.54, 1.807) is 38.1 Å². The first-order chi connectivity index (χ1) is 14.9. The molecule has 2 aromatic rings. The molecule has 2 rings (SSSR count). The summed E-state index contributed by atoms with van der Waals surface area (Å²) in [6.45, 7) is 4.47. The number of carbonyl (C=O) groups is 1. The number of nitrogens with one attached hydrogen (secondary N) is 5. The Morgan fingerprint density at radius 3 is 2.34 bits per heavy atom. The Balaban J connectivity index is 2.36. The van der Waals surface area contributed by atoms with Crippen molar-refractivity contribution in [3.05, 3.63) is 53.2 Å². The molecule has 8 N–H and O–H groups in total. The van der Waals surface area contributed by atoms with E-state index in [0.717, 1.165) is 0 Å². The molecule has 2 amide bonds. The summed E-state index contributed by atoms with van der Waals surface area (Å²) < 4.78 is 9.89. The van der Waals surface area contributed by atoms with Crippen molar-refractivity contribution in [1.82, 2.24) is 10.3 Å². The van der Waals surface area contributed by atoms with Gasteiger partial charge in [-0.1, -0.05) is 30.3 Å². The molecule has 32 heavy (non-hydrogen) atoms. The smallest absolute Gasteiger partial charge is 0.320 e. The highest BCUT2D eigenvalue weighted by atomic mass is 16.5. The van der Waals surface area contributed by atoms with E-state index in [4.69, 9.17) is 31.4 Å². The fraction of sp³-hybridized carbons (Fsp3) is 0.286. The molecule has 0 aliphatic carbocycles. The topological polar surface area (TPSA) is 190 Å². The number of pyridine rings is 1. The highest BCUT2D eigenvalue weighted by Crippen LogP contribution is 2.26. The van der Waals surface area contributed by atoms with Crippen LogP contribution in [0.1, 0.15) is 43.6 Å². The third-order valence-corrected chi connectivity index (χ3v) is 4.31. The second-order valence-corrected chi connectivity index (χ2v) is 7.44. The number of carbonyl (C=O) groups excluding carboxylic acids is 1. The summed E-state index contributed by atoms with van der Waals surface area (Å²) in [7, 11) is 1.26. The number of anilines is 2. The van der Waals surface area contributed by atoms with E-state index in [0.29, 0.717) is 5.56 Å². The van der Waals surface area contributed by atoms with Gasteiger partial charge in [0.25, 0.3) is 0 Å². The molecular weight excluding hydrogens is 414 g/mol. The number of ether oxygens (including phenoxy) is 2. The molecule has 0 aliphatic rings. The van der Waals surface area contributed by atoms with Gasteiger partial charge in [0.15, 0.2) is 5.90 Å². The van der Waals surface area contributed by atoms with E-state index in [2.05, 4.69) is 15.6 Å². The zero-order valence-electron chi connectivity index (χ0n) is 18.2. The third-order valence-electron chi connectivity index (χ3n) is 4.31. The van der Waals surface area contributed by atoms with Crippen LogP contribution in [-0.4, -0.2) is 46.5 Å². The van der Waals surface area contributed by atoms with Gasteiger partial charge >= 0.3 is 6.03 Å². The molecule has 0 saturated heterocycles. The van der Waals surface area contributed by atoms with Crippen LogP contribution in [0, 0.1) is 16.2 Å². The molecule has 170 valence electrons. The van der Waals surface area contributed by atoms with Crippen molar-refractivity contribution in [2.45, 2.75) is 32.4 Å². The highest BCUT2D eigenvalue weighted by Gasteiger charge is 2.30. The molecule has 1 atom stereocenters. The number of nitrogens with zero attached hydrogens (tertiary/aromatic N) is 1. The first-order valence-electron chi connectivity index (χ1n) is 9.54. The summed E-state index contributed by atoms with van der Waals surface area (Å²) in [6, 6.07) is 8.86. The Bertz CT molecular complexity index is 1030. The third kappa shape index (κ3) is 6.01. The number of rotatable bonds is 6. The fourth-order valence-electron chi connectivity index (χ4n) is 2.93. The number of urea groups is 1. The molecule has 0 spiro atoms. The maximum absolute atomic E-state index is 12.7. The Hall–Kier alpha value is -3.99. The second-order valence-electron chi connectivity index (χ2n) is 7.44. The fourth-order valence-corrected chi connectivity index (χ4v) is 2.93. The van der Waals surface area contributed by atoms with Crippen LogP contribution in [0.5, 0.6) is 0 Å². The average Bonchev–Trinajstić information content (AvgIpc) is 2.70. The summed E-state index contributed by atoms with van der Waals surface area (Å²) in [5, 5.41) is 39.2. The minimum Gasteiger partial charge on any atom is -0.481 e. The predicted octanol–water partition coefficient (Wildman–Crippen LogP) is 2.61. The van der Waals surface area contributed by atoms with Crippen molar-refractivity contribution in [2.24, 2.45) is 0 Å². The van der Waals surface area contributed by atoms with Gasteiger partial charge in [-0.05, 0) is 19.4 Å². The van der Waals surface area contributed by atoms with Crippen LogP contribution in [0.3, 0.4) is 0 Å². The molecule has 0 radical (unpaired) electrons. The quantitative estimate of drug-likeness (QED) is 0.266. The Kier molecular flexibility index (Phi) is 7.50. The number of aromatic nitrogens is 1. The van der Waals surface area contributed by atoms with Gasteiger partial charge in [-0.3, -0.25) is 21.5 Å². The van der Waals surface area contributed by atoms with Gasteiger partial charge in [0.05, 0.1) is 30.0 Å². The van der Waals surface area contributed by atoms with Crippen molar-refractivity contribution in [3.63, 3.8) is 0 Å². The molecule has 1 unspecified atom stereocenters. The normalized spacial score (nSPS) is 11.8. The van der Waals surface area contributed by atoms with E-state index in [9.17, 15) is 9.90 Å². The molecule has 0 aliphatic heterocycles. The lowest BCUT2D eigenvalue weighted by Crippen LogP contribution is -2.44. The van der Waals surface area contributed by atoms with E-state index in [-0.39, 0.29) is 34.6 Å². The molecule has 0 saturated carbocycles. The van der Waals surface area contributed by atoms with Crippen molar-refractivity contribution in [3.8, 4) is 0 Å². The summed E-state index contributed by atoms with van der Waals surface area (Å²) in [5.74, 6) is -1.19. The summed E-state index contributed by atoms with van der Waals surface area (Å²) in [6.07, 6.45) is 0. The lowest BCUT2D eigenvalue weighted by Gasteiger charge is -2.30. The molecular formula is C21H27N7O4. The molecule has 0 fully saturated rings. The molecule has 11 nitrogen and oxygen atoms in total. The summed E-state index contributed by atoms with van der Waals surface area (Å²) in [4.78, 5) is 16.8. The number of hydrogen-bond acceptors (Lipinski definition) is 9. The number of amides is 2. The zero-order chi connectivity index (χ0) is 24.1. The van der Waals surface area contributed by atoms with Crippen LogP contribution in [0.15, 0.2) is 36.4 Å². The van der Waals surface area contributed by atoms with Crippen LogP contribution >= 0.6 is 0 Å². The largest absolute Gasteiger partial charge is 0.481 e. The van der Waals surface area contributed by atoms with Crippen molar-refractivity contribution in [1.29, 1.82) is 16.2 Å². The van der Waals surface area contributed by atoms with Crippen molar-refractivity contribution in [2.75, 3.05) is 18.2 Å². The lowest BCUT2D eigenvalue weighted by molar-refractivity contribution is 0.0415. The second kappa shape index (κ2) is 9.88. The SMILES string of the molecule is COC(=N)c1c(N)cc(NC(=O)NC(c2ccccc2)C(C)(C)O)nc1C(=N)OC(C)=N. The van der Waals surface area contributed by atoms with Crippen molar-refractivity contribution < 1.29 is 19.4 Å². The van der Waals surface area contributed by atoms with Crippen LogP contribution in [0.4, 0.5) is 16.3 Å². The van der Waals surface area contributed by atoms with Gasteiger partial charge in [-0.25, -0.2) is 9.78 Å². The number of benzene rings is 1. The monoisotopic (exact) mass is 441 g/mol. The van der Waals surface area contributed by atoms with Gasteiger partial charge in [0.1, 0.15) is 11.5 Å². The Morgan fingerprint density at radius 2 is 1.81 bits per heavy atom. The van der Waals surface area contributed by atoms with E-state index in [1.807, 2.05) is 6.07 Å². The van der Waals surface area contributed by atoms with Gasteiger partial charge in [0, 0.05) is 13.0 Å². The van der Waals surface area contributed by atoms with E-state index in [1.165, 1.54) is 20.1 Å². The summed E-state index contributed by atoms with van der Waals surface area (Å²) in [5.41, 5.74) is 5.27. The molecule has 1 heterocycles. The van der Waals surface area contributed by atoms with E-state index < -0.39 is 23.6 Å². The minimum atomic E-state index is -1.27. The van der Waals surface area contributed by atoms with Crippen molar-refractivity contribution >= 4 is 35.2 Å². The van der Waals surface area contributed by atoms with Gasteiger partial charge < -0.3 is 25.6 Å². The first-order valence-corrected chi connectivity index (χ1v) is 9.54. The number of hydrogen-bond donors (Lipinski definition) is 7. The van der Waals surface area contributed by atoms with Crippen LogP contribution in [-0.2, 0) is 9.47 Å². The lowest BCUT2D eigenvalue weighted by atomic mass is 9.92. The number of methoxy groups -OCH3 is 1. The maximum Gasteiger partial charge on any atom is 0.320 e. The van der Waals surface area contributed by atoms with Crippen LogP contribution in [0.25, 0.3) is 0 Å². The Labute approximate surface area is 185 Å². The maximum atomic E-state index is 12.7. The Morgan fingerprint density at radius 1 is 1.19 bits per heavy atom. The first kappa shape index (κ1) is 24.3. The molecule has 1 aromatic carbocycles. The summed E-state index contributed by atoms with van der Waals surface area (Å²) >= 11 is 0. The van der Waals surface area contributed by atoms with Gasteiger partial charge in [-0.15, -0.1) is 0 Å². The van der Waals surface area contributed by atoms with E-state index >= 15 is 0 Å². The minimum absolute atomic E-state index is 0.00947. The molecule has 11 heteroatoms. The highest BCUT2D eigenvalue weighted by molar-refractivity contribution is 6.10. The molecule has 1 aromatic heterocycles. The number of nitrogens with two attached hydrogens (primary N) is 1. The zero-order valence-corrected chi connectivity index (χ0v) is 18.2. The molecule has 0 bridgehead atoms. The number of nitrogen functional groups attached to an aromatic ring is 1. The number of aliphatic hydroxyl groups is 1. The standard InChI is InChI=1S/C21H27N7O4/c1-11(22)32-19(25)16-15(18(24)31-4)13(23)10-14(26-16)27-20(29)28-17(21(2,3)30)12-8-6-5-7-9-12/h5-10,17,22,24-25,30H,1-4H3,(H4,23,26,27,28,29). The van der Waals surface area contributed by atoms with Gasteiger partial charge in [0.2, 0.25) is 11.8 Å². The predicted molar refractivity (Wildman–Crippen MR) is 121 cm³/mol. The van der Waals surface area contributed by atoms with Crippen LogP contribution in [0.2, 0.25) is 0 Å². The average molecular weight is 441 g/mol. The van der Waals surface area contributed by atoms with Crippen LogP contribution < -0.4 is 16.4 Å². The van der Waals surface area contributed by atoms with Gasteiger partial charge in [-0.2, -0.15) is 0 Å².